The van der Waals surface area contributed by atoms with Gasteiger partial charge in [0.2, 0.25) is 0 Å². The second-order valence-electron chi connectivity index (χ2n) is 4.90. The van der Waals surface area contributed by atoms with Crippen LogP contribution in [0.5, 0.6) is 11.5 Å². The molecule has 7 heteroatoms. The summed E-state index contributed by atoms with van der Waals surface area (Å²) >= 11 is 0. The number of rotatable bonds is 8. The molecule has 0 atom stereocenters. The molecular formula is C17H16O7. The number of carbonyl (C=O) groups excluding carboxylic acids is 1. The highest BCUT2D eigenvalue weighted by atomic mass is 16.5. The van der Waals surface area contributed by atoms with Gasteiger partial charge in [-0.05, 0) is 35.9 Å². The fourth-order valence-electron chi connectivity index (χ4n) is 1.91. The maximum atomic E-state index is 11.1. The van der Waals surface area contributed by atoms with Crippen molar-refractivity contribution in [1.29, 1.82) is 0 Å². The van der Waals surface area contributed by atoms with Crippen molar-refractivity contribution in [1.82, 2.24) is 0 Å². The highest BCUT2D eigenvalue weighted by Gasteiger charge is 2.08. The number of carboxylic acid groups (broad SMARTS) is 1. The maximum absolute atomic E-state index is 11.1. The first kappa shape index (κ1) is 17.5. The zero-order valence-electron chi connectivity index (χ0n) is 12.6. The summed E-state index contributed by atoms with van der Waals surface area (Å²) in [7, 11) is 0. The van der Waals surface area contributed by atoms with Crippen LogP contribution in [0, 0.1) is 0 Å². The molecule has 24 heavy (non-hydrogen) atoms. The third-order valence-corrected chi connectivity index (χ3v) is 3.10. The molecule has 0 fully saturated rings. The van der Waals surface area contributed by atoms with E-state index in [1.807, 2.05) is 0 Å². The molecule has 2 aromatic carbocycles. The summed E-state index contributed by atoms with van der Waals surface area (Å²) in [6.07, 6.45) is -1.05. The van der Waals surface area contributed by atoms with Crippen LogP contribution in [0.3, 0.4) is 0 Å². The van der Waals surface area contributed by atoms with E-state index in [2.05, 4.69) is 0 Å². The minimum Gasteiger partial charge on any atom is -0.489 e. The summed E-state index contributed by atoms with van der Waals surface area (Å²) in [6.45, 7) is -0.148. The summed E-state index contributed by atoms with van der Waals surface area (Å²) in [5, 5.41) is 26.4. The predicted octanol–water partition coefficient (Wildman–Crippen LogP) is 1.47. The third kappa shape index (κ3) is 4.80. The number of hydrogen-bond donors (Lipinski definition) is 3. The van der Waals surface area contributed by atoms with E-state index in [0.29, 0.717) is 12.0 Å². The summed E-state index contributed by atoms with van der Waals surface area (Å²) < 4.78 is 10.7. The van der Waals surface area contributed by atoms with E-state index in [9.17, 15) is 9.59 Å². The number of ether oxygens (including phenoxy) is 2. The smallest absolute Gasteiger partial charge is 0.335 e. The van der Waals surface area contributed by atoms with Crippen LogP contribution in [0.2, 0.25) is 0 Å². The Morgan fingerprint density at radius 3 is 2.38 bits per heavy atom. The largest absolute Gasteiger partial charge is 0.489 e. The number of aromatic carboxylic acids is 1. The minimum atomic E-state index is -1.63. The van der Waals surface area contributed by atoms with Gasteiger partial charge < -0.3 is 24.8 Å². The van der Waals surface area contributed by atoms with Gasteiger partial charge in [-0.3, -0.25) is 4.79 Å². The molecule has 7 nitrogen and oxygen atoms in total. The van der Waals surface area contributed by atoms with E-state index in [1.54, 1.807) is 18.2 Å². The molecule has 0 aliphatic rings. The van der Waals surface area contributed by atoms with Crippen molar-refractivity contribution in [2.45, 2.75) is 12.9 Å². The monoisotopic (exact) mass is 332 g/mol. The van der Waals surface area contributed by atoms with Gasteiger partial charge in [-0.15, -0.1) is 0 Å². The van der Waals surface area contributed by atoms with Crippen molar-refractivity contribution in [3.8, 4) is 11.5 Å². The first-order valence-electron chi connectivity index (χ1n) is 7.03. The van der Waals surface area contributed by atoms with Crippen LogP contribution in [0.25, 0.3) is 0 Å². The van der Waals surface area contributed by atoms with Crippen molar-refractivity contribution in [2.75, 3.05) is 6.61 Å². The Hall–Kier alpha value is -2.90. The number of carboxylic acids is 1. The molecule has 2 rings (SSSR count). The lowest BCUT2D eigenvalue weighted by molar-refractivity contribution is -0.0681. The van der Waals surface area contributed by atoms with Crippen LogP contribution in [0.4, 0.5) is 0 Å². The van der Waals surface area contributed by atoms with E-state index < -0.39 is 12.3 Å². The highest BCUT2D eigenvalue weighted by Crippen LogP contribution is 2.23. The van der Waals surface area contributed by atoms with Crippen LogP contribution in [0.15, 0.2) is 42.5 Å². The molecule has 0 aromatic heterocycles. The van der Waals surface area contributed by atoms with Crippen molar-refractivity contribution in [2.24, 2.45) is 0 Å². The Bertz CT molecular complexity index is 707. The molecule has 0 spiro atoms. The quantitative estimate of drug-likeness (QED) is 0.495. The Morgan fingerprint density at radius 2 is 1.79 bits per heavy atom. The van der Waals surface area contributed by atoms with Crippen molar-refractivity contribution in [3.05, 3.63) is 59.2 Å². The van der Waals surface area contributed by atoms with E-state index in [1.165, 1.54) is 24.3 Å². The molecule has 0 bridgehead atoms. The standard InChI is InChI=1S/C17H16O7/c18-8-13-7-14(5-6-15(13)24-10-16(19)20)23-9-11-1-3-12(4-2-11)17(21)22/h1-8,16,19-20H,9-10H2,(H,21,22). The molecule has 0 unspecified atom stereocenters. The van der Waals surface area contributed by atoms with Gasteiger partial charge in [0.1, 0.15) is 24.7 Å². The summed E-state index contributed by atoms with van der Waals surface area (Å²) in [4.78, 5) is 21.9. The topological polar surface area (TPSA) is 113 Å². The lowest BCUT2D eigenvalue weighted by Crippen LogP contribution is -2.16. The van der Waals surface area contributed by atoms with Crippen molar-refractivity contribution >= 4 is 12.3 Å². The van der Waals surface area contributed by atoms with E-state index in [4.69, 9.17) is 24.8 Å². The Kier molecular flexibility index (Phi) is 5.89. The molecule has 0 aliphatic carbocycles. The van der Waals surface area contributed by atoms with Crippen LogP contribution < -0.4 is 9.47 Å². The number of carbonyl (C=O) groups is 2. The van der Waals surface area contributed by atoms with Crippen LogP contribution >= 0.6 is 0 Å². The van der Waals surface area contributed by atoms with Gasteiger partial charge in [0, 0.05) is 0 Å². The van der Waals surface area contributed by atoms with Gasteiger partial charge >= 0.3 is 5.97 Å². The number of benzene rings is 2. The molecular weight excluding hydrogens is 316 g/mol. The van der Waals surface area contributed by atoms with Crippen LogP contribution in [-0.2, 0) is 6.61 Å². The molecule has 0 aliphatic heterocycles. The minimum absolute atomic E-state index is 0.189. The maximum Gasteiger partial charge on any atom is 0.335 e. The average molecular weight is 332 g/mol. The number of aldehydes is 1. The molecule has 0 heterocycles. The lowest BCUT2D eigenvalue weighted by Gasteiger charge is -2.12. The van der Waals surface area contributed by atoms with Crippen molar-refractivity contribution in [3.63, 3.8) is 0 Å². The van der Waals surface area contributed by atoms with E-state index in [0.717, 1.165) is 5.56 Å². The SMILES string of the molecule is O=Cc1cc(OCc2ccc(C(=O)O)cc2)ccc1OCC(O)O. The Balaban J connectivity index is 2.01. The highest BCUT2D eigenvalue weighted by molar-refractivity contribution is 5.87. The zero-order chi connectivity index (χ0) is 17.5. The Labute approximate surface area is 137 Å². The molecule has 0 saturated carbocycles. The van der Waals surface area contributed by atoms with Crippen molar-refractivity contribution < 1.29 is 34.4 Å². The van der Waals surface area contributed by atoms with Crippen LogP contribution in [-0.4, -0.2) is 40.5 Å². The zero-order valence-corrected chi connectivity index (χ0v) is 12.6. The summed E-state index contributed by atoms with van der Waals surface area (Å²) in [6, 6.07) is 10.8. The lowest BCUT2D eigenvalue weighted by atomic mass is 10.1. The fourth-order valence-corrected chi connectivity index (χ4v) is 1.91. The third-order valence-electron chi connectivity index (χ3n) is 3.10. The molecule has 126 valence electrons. The molecule has 3 N–H and O–H groups in total. The Morgan fingerprint density at radius 1 is 1.08 bits per heavy atom. The first-order valence-corrected chi connectivity index (χ1v) is 7.03. The number of aliphatic hydroxyl groups is 2. The summed E-state index contributed by atoms with van der Waals surface area (Å²) in [5.74, 6) is -0.353. The molecule has 0 radical (unpaired) electrons. The number of hydrogen-bond acceptors (Lipinski definition) is 6. The predicted molar refractivity (Wildman–Crippen MR) is 83.3 cm³/mol. The normalized spacial score (nSPS) is 10.5. The van der Waals surface area contributed by atoms with Gasteiger partial charge in [0.25, 0.3) is 0 Å². The summed E-state index contributed by atoms with van der Waals surface area (Å²) in [5.41, 5.74) is 1.18. The fraction of sp³-hybridized carbons (Fsp3) is 0.176. The van der Waals surface area contributed by atoms with E-state index in [-0.39, 0.29) is 30.1 Å². The second kappa shape index (κ2) is 8.09. The van der Waals surface area contributed by atoms with Crippen LogP contribution in [0.1, 0.15) is 26.3 Å². The molecule has 0 saturated heterocycles. The number of aliphatic hydroxyl groups excluding tert-OH is 1. The average Bonchev–Trinajstić information content (AvgIpc) is 2.58. The molecule has 0 amide bonds. The second-order valence-corrected chi connectivity index (χ2v) is 4.90. The van der Waals surface area contributed by atoms with Gasteiger partial charge in [-0.2, -0.15) is 0 Å². The molecule has 2 aromatic rings. The van der Waals surface area contributed by atoms with Gasteiger partial charge in [0.15, 0.2) is 12.6 Å². The van der Waals surface area contributed by atoms with Gasteiger partial charge in [-0.25, -0.2) is 4.79 Å². The van der Waals surface area contributed by atoms with E-state index >= 15 is 0 Å². The van der Waals surface area contributed by atoms with Gasteiger partial charge in [-0.1, -0.05) is 12.1 Å². The van der Waals surface area contributed by atoms with Gasteiger partial charge in [0.05, 0.1) is 11.1 Å². The first-order chi connectivity index (χ1) is 11.5.